The van der Waals surface area contributed by atoms with Gasteiger partial charge in [0.25, 0.3) is 11.8 Å². The smallest absolute Gasteiger partial charge is 0.274 e. The van der Waals surface area contributed by atoms with Crippen molar-refractivity contribution in [3.63, 3.8) is 0 Å². The van der Waals surface area contributed by atoms with Crippen LogP contribution in [0.25, 0.3) is 0 Å². The summed E-state index contributed by atoms with van der Waals surface area (Å²) >= 11 is 0. The van der Waals surface area contributed by atoms with Crippen molar-refractivity contribution in [2.45, 2.75) is 6.54 Å². The molecule has 0 atom stereocenters. The van der Waals surface area contributed by atoms with Crippen LogP contribution in [-0.4, -0.2) is 16.8 Å². The third kappa shape index (κ3) is 4.77. The van der Waals surface area contributed by atoms with E-state index in [1.165, 1.54) is 30.5 Å². The van der Waals surface area contributed by atoms with Gasteiger partial charge in [-0.2, -0.15) is 5.26 Å². The van der Waals surface area contributed by atoms with E-state index in [-0.39, 0.29) is 29.5 Å². The molecule has 0 radical (unpaired) electrons. The van der Waals surface area contributed by atoms with Gasteiger partial charge in [0.15, 0.2) is 0 Å². The lowest BCUT2D eigenvalue weighted by molar-refractivity contribution is 0.0951. The zero-order valence-electron chi connectivity index (χ0n) is 14.6. The van der Waals surface area contributed by atoms with Gasteiger partial charge in [0.1, 0.15) is 11.5 Å². The first-order valence-corrected chi connectivity index (χ1v) is 8.35. The number of pyridine rings is 1. The average Bonchev–Trinajstić information content (AvgIpc) is 2.73. The first kappa shape index (κ1) is 18.7. The lowest BCUT2D eigenvalue weighted by Gasteiger charge is -2.08. The molecule has 6 nitrogen and oxygen atoms in total. The number of rotatable bonds is 5. The lowest BCUT2D eigenvalue weighted by atomic mass is 10.2. The summed E-state index contributed by atoms with van der Waals surface area (Å²) in [7, 11) is 0. The molecule has 7 heteroatoms. The minimum atomic E-state index is -0.474. The standard InChI is InChI=1S/C21H15FN4O2/c22-17-5-1-15(2-6-17)13-25-20(27)16-9-10-24-19(11-16)21(28)26-18-7-3-14(12-23)4-8-18/h1-11H,13H2,(H,25,27)(H,26,28). The molecule has 1 aromatic heterocycles. The van der Waals surface area contributed by atoms with Crippen LogP contribution in [0.5, 0.6) is 0 Å². The van der Waals surface area contributed by atoms with Crippen LogP contribution in [-0.2, 0) is 6.54 Å². The molecule has 0 spiro atoms. The van der Waals surface area contributed by atoms with Crippen molar-refractivity contribution in [2.75, 3.05) is 5.32 Å². The molecule has 0 aliphatic heterocycles. The molecule has 2 aromatic carbocycles. The SMILES string of the molecule is N#Cc1ccc(NC(=O)c2cc(C(=O)NCc3ccc(F)cc3)ccn2)cc1. The summed E-state index contributed by atoms with van der Waals surface area (Å²) in [4.78, 5) is 28.7. The summed E-state index contributed by atoms with van der Waals surface area (Å²) in [5.74, 6) is -1.20. The van der Waals surface area contributed by atoms with Crippen molar-refractivity contribution in [3.8, 4) is 6.07 Å². The minimum absolute atomic E-state index is 0.0822. The molecular weight excluding hydrogens is 359 g/mol. The second-order valence-corrected chi connectivity index (χ2v) is 5.88. The number of hydrogen-bond donors (Lipinski definition) is 2. The van der Waals surface area contributed by atoms with E-state index in [0.717, 1.165) is 5.56 Å². The Kier molecular flexibility index (Phi) is 5.72. The van der Waals surface area contributed by atoms with E-state index in [9.17, 15) is 14.0 Å². The topological polar surface area (TPSA) is 94.9 Å². The zero-order valence-corrected chi connectivity index (χ0v) is 14.6. The number of carbonyl (C=O) groups excluding carboxylic acids is 2. The van der Waals surface area contributed by atoms with Crippen molar-refractivity contribution in [1.29, 1.82) is 5.26 Å². The molecule has 0 aliphatic carbocycles. The van der Waals surface area contributed by atoms with Crippen molar-refractivity contribution >= 4 is 17.5 Å². The molecule has 0 bridgehead atoms. The molecule has 0 saturated heterocycles. The number of benzene rings is 2. The normalized spacial score (nSPS) is 10.0. The van der Waals surface area contributed by atoms with Crippen LogP contribution < -0.4 is 10.6 Å². The highest BCUT2D eigenvalue weighted by Crippen LogP contribution is 2.11. The van der Waals surface area contributed by atoms with Gasteiger partial charge in [0.05, 0.1) is 11.6 Å². The van der Waals surface area contributed by atoms with E-state index in [1.807, 2.05) is 6.07 Å². The minimum Gasteiger partial charge on any atom is -0.348 e. The maximum Gasteiger partial charge on any atom is 0.274 e. The van der Waals surface area contributed by atoms with Crippen LogP contribution in [0, 0.1) is 17.1 Å². The number of nitriles is 1. The molecule has 138 valence electrons. The molecule has 0 fully saturated rings. The first-order valence-electron chi connectivity index (χ1n) is 8.35. The van der Waals surface area contributed by atoms with Gasteiger partial charge in [0.2, 0.25) is 0 Å². The van der Waals surface area contributed by atoms with Gasteiger partial charge >= 0.3 is 0 Å². The Labute approximate surface area is 160 Å². The fourth-order valence-corrected chi connectivity index (χ4v) is 2.41. The first-order chi connectivity index (χ1) is 13.5. The Balaban J connectivity index is 1.65. The van der Waals surface area contributed by atoms with Gasteiger partial charge in [-0.15, -0.1) is 0 Å². The average molecular weight is 374 g/mol. The number of nitrogens with zero attached hydrogens (tertiary/aromatic N) is 2. The Morgan fingerprint density at radius 1 is 1.00 bits per heavy atom. The summed E-state index contributed by atoms with van der Waals surface area (Å²) in [5.41, 5.74) is 2.11. The Morgan fingerprint density at radius 2 is 1.71 bits per heavy atom. The number of aromatic nitrogens is 1. The lowest BCUT2D eigenvalue weighted by Crippen LogP contribution is -2.23. The number of amides is 2. The number of hydrogen-bond acceptors (Lipinski definition) is 4. The summed E-state index contributed by atoms with van der Waals surface area (Å²) in [5, 5.41) is 14.2. The van der Waals surface area contributed by atoms with Crippen LogP contribution in [0.15, 0.2) is 66.9 Å². The van der Waals surface area contributed by atoms with Crippen LogP contribution in [0.1, 0.15) is 32.0 Å². The number of anilines is 1. The summed E-state index contributed by atoms with van der Waals surface area (Å²) < 4.78 is 12.9. The van der Waals surface area contributed by atoms with Crippen molar-refractivity contribution in [2.24, 2.45) is 0 Å². The Hall–Kier alpha value is -4.05. The van der Waals surface area contributed by atoms with E-state index in [0.29, 0.717) is 11.3 Å². The molecule has 3 rings (SSSR count). The predicted octanol–water partition coefficient (Wildman–Crippen LogP) is 3.27. The number of halogens is 1. The largest absolute Gasteiger partial charge is 0.348 e. The molecule has 3 aromatic rings. The maximum absolute atomic E-state index is 12.9. The maximum atomic E-state index is 12.9. The van der Waals surface area contributed by atoms with E-state index < -0.39 is 5.91 Å². The summed E-state index contributed by atoms with van der Waals surface area (Å²) in [6.45, 7) is 0.230. The van der Waals surface area contributed by atoms with E-state index in [4.69, 9.17) is 5.26 Å². The molecule has 2 N–H and O–H groups in total. The molecule has 0 unspecified atom stereocenters. The summed E-state index contributed by atoms with van der Waals surface area (Å²) in [6.07, 6.45) is 1.38. The van der Waals surface area contributed by atoms with E-state index >= 15 is 0 Å². The predicted molar refractivity (Wildman–Crippen MR) is 101 cm³/mol. The molecule has 0 aliphatic rings. The molecular formula is C21H15FN4O2. The Bertz CT molecular complexity index is 1040. The van der Waals surface area contributed by atoms with Crippen LogP contribution in [0.4, 0.5) is 10.1 Å². The Morgan fingerprint density at radius 3 is 2.39 bits per heavy atom. The monoisotopic (exact) mass is 374 g/mol. The van der Waals surface area contributed by atoms with Crippen LogP contribution in [0.3, 0.4) is 0 Å². The second kappa shape index (κ2) is 8.56. The molecule has 0 saturated carbocycles. The van der Waals surface area contributed by atoms with Crippen molar-refractivity contribution < 1.29 is 14.0 Å². The van der Waals surface area contributed by atoms with Gasteiger partial charge in [-0.1, -0.05) is 12.1 Å². The van der Waals surface area contributed by atoms with Gasteiger partial charge in [-0.05, 0) is 54.1 Å². The molecule has 2 amide bonds. The quantitative estimate of drug-likeness (QED) is 0.716. The van der Waals surface area contributed by atoms with Crippen LogP contribution in [0.2, 0.25) is 0 Å². The molecule has 28 heavy (non-hydrogen) atoms. The second-order valence-electron chi connectivity index (χ2n) is 5.88. The summed E-state index contributed by atoms with van der Waals surface area (Å²) in [6, 6.07) is 17.1. The van der Waals surface area contributed by atoms with Gasteiger partial charge < -0.3 is 10.6 Å². The highest BCUT2D eigenvalue weighted by atomic mass is 19.1. The highest BCUT2D eigenvalue weighted by molar-refractivity contribution is 6.04. The van der Waals surface area contributed by atoms with E-state index in [1.54, 1.807) is 36.4 Å². The third-order valence-corrected chi connectivity index (χ3v) is 3.89. The third-order valence-electron chi connectivity index (χ3n) is 3.89. The van der Waals surface area contributed by atoms with Crippen molar-refractivity contribution in [1.82, 2.24) is 10.3 Å². The van der Waals surface area contributed by atoms with Crippen LogP contribution >= 0.6 is 0 Å². The molecule has 1 heterocycles. The van der Waals surface area contributed by atoms with Gasteiger partial charge in [-0.25, -0.2) is 4.39 Å². The fourth-order valence-electron chi connectivity index (χ4n) is 2.41. The van der Waals surface area contributed by atoms with E-state index in [2.05, 4.69) is 15.6 Å². The van der Waals surface area contributed by atoms with Crippen molar-refractivity contribution in [3.05, 3.63) is 95.1 Å². The zero-order chi connectivity index (χ0) is 19.9. The van der Waals surface area contributed by atoms with Gasteiger partial charge in [0, 0.05) is 24.0 Å². The van der Waals surface area contributed by atoms with Gasteiger partial charge in [-0.3, -0.25) is 14.6 Å². The fraction of sp³-hybridized carbons (Fsp3) is 0.0476. The number of carbonyl (C=O) groups is 2. The number of nitrogens with one attached hydrogen (secondary N) is 2. The highest BCUT2D eigenvalue weighted by Gasteiger charge is 2.12.